The number of rotatable bonds is 5. The highest BCUT2D eigenvalue weighted by molar-refractivity contribution is 7.99. The maximum Gasteiger partial charge on any atom is 0.278 e. The largest absolute Gasteiger partial charge is 0.454 e. The molecule has 1 amide bonds. The average Bonchev–Trinajstić information content (AvgIpc) is 3.27. The molecule has 0 unspecified atom stereocenters. The summed E-state index contributed by atoms with van der Waals surface area (Å²) < 4.78 is 12.1. The Labute approximate surface area is 158 Å². The molecule has 3 aromatic rings. The summed E-state index contributed by atoms with van der Waals surface area (Å²) >= 11 is 1.23. The van der Waals surface area contributed by atoms with E-state index in [4.69, 9.17) is 9.47 Å². The highest BCUT2D eigenvalue weighted by atomic mass is 32.2. The van der Waals surface area contributed by atoms with Crippen molar-refractivity contribution in [1.82, 2.24) is 19.9 Å². The van der Waals surface area contributed by atoms with Gasteiger partial charge in [0.05, 0.1) is 11.3 Å². The second-order valence-electron chi connectivity index (χ2n) is 6.22. The van der Waals surface area contributed by atoms with Crippen molar-refractivity contribution < 1.29 is 14.3 Å². The SMILES string of the molecule is Cc1cc2nc(SCC(=O)NCc3ccc4c(c3)OCO4)n(C)c(=O)c2[nH]1. The van der Waals surface area contributed by atoms with Gasteiger partial charge in [0.25, 0.3) is 5.56 Å². The molecule has 0 saturated heterocycles. The topological polar surface area (TPSA) is 98.2 Å². The molecule has 27 heavy (non-hydrogen) atoms. The number of benzene rings is 1. The first kappa shape index (κ1) is 17.5. The van der Waals surface area contributed by atoms with Crippen LogP contribution >= 0.6 is 11.8 Å². The first-order valence-electron chi connectivity index (χ1n) is 8.35. The molecule has 0 spiro atoms. The number of nitrogens with one attached hydrogen (secondary N) is 2. The van der Waals surface area contributed by atoms with Gasteiger partial charge < -0.3 is 19.8 Å². The van der Waals surface area contributed by atoms with Crippen molar-refractivity contribution in [3.63, 3.8) is 0 Å². The van der Waals surface area contributed by atoms with Gasteiger partial charge in [-0.3, -0.25) is 14.2 Å². The van der Waals surface area contributed by atoms with Crippen LogP contribution in [0.5, 0.6) is 11.5 Å². The van der Waals surface area contributed by atoms with Crippen molar-refractivity contribution in [2.24, 2.45) is 7.05 Å². The fourth-order valence-electron chi connectivity index (χ4n) is 2.82. The van der Waals surface area contributed by atoms with Crippen LogP contribution in [0.4, 0.5) is 0 Å². The number of hydrogen-bond acceptors (Lipinski definition) is 6. The molecule has 0 bridgehead atoms. The van der Waals surface area contributed by atoms with E-state index in [-0.39, 0.29) is 24.0 Å². The number of aromatic nitrogens is 3. The van der Waals surface area contributed by atoms with Crippen LogP contribution in [0.15, 0.2) is 34.2 Å². The number of aromatic amines is 1. The normalized spacial score (nSPS) is 12.5. The van der Waals surface area contributed by atoms with Crippen molar-refractivity contribution in [3.05, 3.63) is 45.9 Å². The molecule has 4 rings (SSSR count). The predicted molar refractivity (Wildman–Crippen MR) is 101 cm³/mol. The maximum absolute atomic E-state index is 12.4. The summed E-state index contributed by atoms with van der Waals surface area (Å²) in [4.78, 5) is 32.0. The molecule has 0 fully saturated rings. The molecule has 140 valence electrons. The third kappa shape index (κ3) is 3.50. The number of H-pyrrole nitrogens is 1. The molecular formula is C18H18N4O4S. The van der Waals surface area contributed by atoms with E-state index < -0.39 is 0 Å². The smallest absolute Gasteiger partial charge is 0.278 e. The highest BCUT2D eigenvalue weighted by Gasteiger charge is 2.14. The molecule has 0 aliphatic carbocycles. The number of carbonyl (C=O) groups is 1. The second kappa shape index (κ2) is 6.99. The summed E-state index contributed by atoms with van der Waals surface area (Å²) in [5.41, 5.74) is 2.73. The number of nitrogens with zero attached hydrogens (tertiary/aromatic N) is 2. The number of aryl methyl sites for hydroxylation is 1. The molecule has 1 aliphatic rings. The molecule has 0 atom stereocenters. The lowest BCUT2D eigenvalue weighted by Gasteiger charge is -2.08. The van der Waals surface area contributed by atoms with Crippen LogP contribution in [-0.2, 0) is 18.4 Å². The summed E-state index contributed by atoms with van der Waals surface area (Å²) in [5.74, 6) is 1.42. The fraction of sp³-hybridized carbons (Fsp3) is 0.278. The Hall–Kier alpha value is -2.94. The minimum Gasteiger partial charge on any atom is -0.454 e. The Kier molecular flexibility index (Phi) is 4.53. The van der Waals surface area contributed by atoms with Crippen LogP contribution in [0, 0.1) is 6.92 Å². The number of carbonyl (C=O) groups excluding carboxylic acids is 1. The van der Waals surface area contributed by atoms with Crippen molar-refractivity contribution in [2.75, 3.05) is 12.5 Å². The van der Waals surface area contributed by atoms with Gasteiger partial charge in [0, 0.05) is 19.3 Å². The summed E-state index contributed by atoms with van der Waals surface area (Å²) in [6.07, 6.45) is 0. The zero-order chi connectivity index (χ0) is 19.0. The predicted octanol–water partition coefficient (Wildman–Crippen LogP) is 1.71. The minimum absolute atomic E-state index is 0.141. The molecule has 1 aliphatic heterocycles. The molecule has 8 nitrogen and oxygen atoms in total. The van der Waals surface area contributed by atoms with Crippen LogP contribution in [0.3, 0.4) is 0 Å². The average molecular weight is 386 g/mol. The van der Waals surface area contributed by atoms with Crippen LogP contribution in [0.1, 0.15) is 11.3 Å². The van der Waals surface area contributed by atoms with Crippen molar-refractivity contribution >= 4 is 28.7 Å². The molecule has 9 heteroatoms. The standard InChI is InChI=1S/C18H18N4O4S/c1-10-5-12-16(20-10)17(24)22(2)18(21-12)27-8-15(23)19-7-11-3-4-13-14(6-11)26-9-25-13/h3-6,20H,7-9H2,1-2H3,(H,19,23). The van der Waals surface area contributed by atoms with Gasteiger partial charge in [-0.1, -0.05) is 17.8 Å². The first-order valence-corrected chi connectivity index (χ1v) is 9.34. The molecule has 2 aromatic heterocycles. The Morgan fingerprint density at radius 3 is 3.00 bits per heavy atom. The summed E-state index contributed by atoms with van der Waals surface area (Å²) in [6, 6.07) is 7.38. The van der Waals surface area contributed by atoms with E-state index in [0.29, 0.717) is 34.2 Å². The van der Waals surface area contributed by atoms with Gasteiger partial charge in [-0.05, 0) is 30.7 Å². The number of hydrogen-bond donors (Lipinski definition) is 2. The number of thioether (sulfide) groups is 1. The van der Waals surface area contributed by atoms with Crippen LogP contribution in [0.25, 0.3) is 11.0 Å². The second-order valence-corrected chi connectivity index (χ2v) is 7.17. The van der Waals surface area contributed by atoms with Gasteiger partial charge in [0.15, 0.2) is 16.7 Å². The Morgan fingerprint density at radius 1 is 1.33 bits per heavy atom. The number of fused-ring (bicyclic) bond motifs is 2. The molecule has 0 radical (unpaired) electrons. The van der Waals surface area contributed by atoms with Crippen molar-refractivity contribution in [3.8, 4) is 11.5 Å². The van der Waals surface area contributed by atoms with E-state index in [0.717, 1.165) is 11.3 Å². The van der Waals surface area contributed by atoms with Gasteiger partial charge in [-0.25, -0.2) is 4.98 Å². The lowest BCUT2D eigenvalue weighted by atomic mass is 10.2. The summed E-state index contributed by atoms with van der Waals surface area (Å²) in [7, 11) is 1.65. The van der Waals surface area contributed by atoms with Gasteiger partial charge >= 0.3 is 0 Å². The van der Waals surface area contributed by atoms with Crippen LogP contribution in [0.2, 0.25) is 0 Å². The number of ether oxygens (including phenoxy) is 2. The molecule has 0 saturated carbocycles. The third-order valence-electron chi connectivity index (χ3n) is 4.21. The quantitative estimate of drug-likeness (QED) is 0.512. The van der Waals surface area contributed by atoms with Crippen molar-refractivity contribution in [2.45, 2.75) is 18.6 Å². The van der Waals surface area contributed by atoms with E-state index in [1.54, 1.807) is 7.05 Å². The zero-order valence-electron chi connectivity index (χ0n) is 14.9. The fourth-order valence-corrected chi connectivity index (χ4v) is 3.62. The lowest BCUT2D eigenvalue weighted by molar-refractivity contribution is -0.118. The Bertz CT molecular complexity index is 1090. The molecule has 2 N–H and O–H groups in total. The van der Waals surface area contributed by atoms with Gasteiger partial charge in [-0.15, -0.1) is 0 Å². The first-order chi connectivity index (χ1) is 13.0. The Morgan fingerprint density at radius 2 is 2.15 bits per heavy atom. The van der Waals surface area contributed by atoms with Gasteiger partial charge in [0.2, 0.25) is 12.7 Å². The summed E-state index contributed by atoms with van der Waals surface area (Å²) in [6.45, 7) is 2.48. The van der Waals surface area contributed by atoms with E-state index >= 15 is 0 Å². The lowest BCUT2D eigenvalue weighted by Crippen LogP contribution is -2.25. The van der Waals surface area contributed by atoms with Gasteiger partial charge in [-0.2, -0.15) is 0 Å². The Balaban J connectivity index is 1.38. The zero-order valence-corrected chi connectivity index (χ0v) is 15.7. The van der Waals surface area contributed by atoms with E-state index in [9.17, 15) is 9.59 Å². The minimum atomic E-state index is -0.156. The van der Waals surface area contributed by atoms with Crippen LogP contribution < -0.4 is 20.3 Å². The number of amides is 1. The monoisotopic (exact) mass is 386 g/mol. The van der Waals surface area contributed by atoms with Crippen molar-refractivity contribution in [1.29, 1.82) is 0 Å². The van der Waals surface area contributed by atoms with E-state index in [1.165, 1.54) is 16.3 Å². The maximum atomic E-state index is 12.4. The molecule has 1 aromatic carbocycles. The van der Waals surface area contributed by atoms with E-state index in [2.05, 4.69) is 15.3 Å². The summed E-state index contributed by atoms with van der Waals surface area (Å²) in [5, 5.41) is 3.36. The third-order valence-corrected chi connectivity index (χ3v) is 5.24. The molecular weight excluding hydrogens is 368 g/mol. The van der Waals surface area contributed by atoms with Gasteiger partial charge in [0.1, 0.15) is 5.52 Å². The molecule has 3 heterocycles. The van der Waals surface area contributed by atoms with Crippen LogP contribution in [-0.4, -0.2) is 33.0 Å². The van der Waals surface area contributed by atoms with E-state index in [1.807, 2.05) is 31.2 Å². The highest BCUT2D eigenvalue weighted by Crippen LogP contribution is 2.32.